The summed E-state index contributed by atoms with van der Waals surface area (Å²) in [5.74, 6) is 0.914. The van der Waals surface area contributed by atoms with Crippen molar-refractivity contribution >= 4 is 16.9 Å². The molecule has 0 radical (unpaired) electrons. The Kier molecular flexibility index (Phi) is 3.50. The van der Waals surface area contributed by atoms with Crippen LogP contribution in [0.25, 0.3) is 11.0 Å². The summed E-state index contributed by atoms with van der Waals surface area (Å²) in [5, 5.41) is 4.70. The third-order valence-electron chi connectivity index (χ3n) is 5.24. The zero-order chi connectivity index (χ0) is 15.0. The van der Waals surface area contributed by atoms with Crippen molar-refractivity contribution in [2.75, 3.05) is 25.1 Å². The fourth-order valence-electron chi connectivity index (χ4n) is 3.96. The number of anilines is 1. The molecule has 3 heterocycles. The molecule has 0 amide bonds. The number of aromatic nitrogens is 3. The third-order valence-corrected chi connectivity index (χ3v) is 5.24. The van der Waals surface area contributed by atoms with Crippen LogP contribution in [-0.2, 0) is 9.47 Å². The molecule has 118 valence electrons. The number of nitrogens with one attached hydrogen (secondary N) is 2. The highest BCUT2D eigenvalue weighted by atomic mass is 16.5. The van der Waals surface area contributed by atoms with Gasteiger partial charge in [-0.05, 0) is 32.3 Å². The minimum atomic E-state index is 0.182. The van der Waals surface area contributed by atoms with Crippen LogP contribution in [-0.4, -0.2) is 46.9 Å². The van der Waals surface area contributed by atoms with Crippen molar-refractivity contribution in [3.8, 4) is 0 Å². The molecule has 4 rings (SSSR count). The van der Waals surface area contributed by atoms with Crippen molar-refractivity contribution in [3.63, 3.8) is 0 Å². The molecular formula is C16H22N4O2. The summed E-state index contributed by atoms with van der Waals surface area (Å²) >= 11 is 0. The molecule has 1 spiro atoms. The standard InChI is InChI=1S/C16H22N4O2/c1-2-22-13-9-12(16(13)4-7-21-8-5-16)20-15-11-3-6-17-14(11)18-10-19-15/h3,6,10,12-13H,2,4-5,7-9H2,1H3,(H2,17,18,19,20)/t12-,13-/m1/s1. The van der Waals surface area contributed by atoms with Gasteiger partial charge in [-0.2, -0.15) is 0 Å². The van der Waals surface area contributed by atoms with E-state index in [1.165, 1.54) is 0 Å². The molecule has 6 nitrogen and oxygen atoms in total. The van der Waals surface area contributed by atoms with Gasteiger partial charge in [0, 0.05) is 37.5 Å². The molecule has 1 saturated heterocycles. The lowest BCUT2D eigenvalue weighted by molar-refractivity contribution is -0.159. The van der Waals surface area contributed by atoms with Gasteiger partial charge in [0.1, 0.15) is 17.8 Å². The smallest absolute Gasteiger partial charge is 0.142 e. The summed E-state index contributed by atoms with van der Waals surface area (Å²) in [4.78, 5) is 11.8. The molecule has 2 fully saturated rings. The molecule has 1 aliphatic heterocycles. The number of fused-ring (bicyclic) bond motifs is 1. The average Bonchev–Trinajstić information content (AvgIpc) is 3.04. The van der Waals surface area contributed by atoms with Gasteiger partial charge < -0.3 is 19.8 Å². The average molecular weight is 302 g/mol. The van der Waals surface area contributed by atoms with Crippen LogP contribution in [0.3, 0.4) is 0 Å². The molecule has 2 atom stereocenters. The fraction of sp³-hybridized carbons (Fsp3) is 0.625. The van der Waals surface area contributed by atoms with Crippen LogP contribution in [0.1, 0.15) is 26.2 Å². The largest absolute Gasteiger partial charge is 0.381 e. The SMILES string of the molecule is CCO[C@@H]1C[C@@H](Nc2ncnc3[nH]ccc23)C12CCOCC2. The van der Waals surface area contributed by atoms with E-state index >= 15 is 0 Å². The van der Waals surface area contributed by atoms with Crippen LogP contribution in [0.2, 0.25) is 0 Å². The highest BCUT2D eigenvalue weighted by Gasteiger charge is 2.56. The number of rotatable bonds is 4. The van der Waals surface area contributed by atoms with Crippen LogP contribution in [0.15, 0.2) is 18.6 Å². The Hall–Kier alpha value is -1.66. The zero-order valence-electron chi connectivity index (χ0n) is 12.8. The second-order valence-electron chi connectivity index (χ2n) is 6.18. The van der Waals surface area contributed by atoms with Crippen LogP contribution >= 0.6 is 0 Å². The van der Waals surface area contributed by atoms with Crippen molar-refractivity contribution in [1.82, 2.24) is 15.0 Å². The van der Waals surface area contributed by atoms with Crippen molar-refractivity contribution in [2.24, 2.45) is 5.41 Å². The molecule has 0 aromatic carbocycles. The first-order valence-electron chi connectivity index (χ1n) is 8.07. The predicted molar refractivity (Wildman–Crippen MR) is 83.8 cm³/mol. The van der Waals surface area contributed by atoms with E-state index in [0.717, 1.165) is 55.9 Å². The van der Waals surface area contributed by atoms with E-state index in [9.17, 15) is 0 Å². The Morgan fingerprint density at radius 3 is 3.09 bits per heavy atom. The van der Waals surface area contributed by atoms with E-state index in [2.05, 4.69) is 27.2 Å². The second-order valence-corrected chi connectivity index (χ2v) is 6.18. The van der Waals surface area contributed by atoms with E-state index in [-0.39, 0.29) is 5.41 Å². The first-order chi connectivity index (χ1) is 10.8. The van der Waals surface area contributed by atoms with Gasteiger partial charge in [0.05, 0.1) is 11.5 Å². The lowest BCUT2D eigenvalue weighted by Crippen LogP contribution is -2.63. The highest BCUT2D eigenvalue weighted by molar-refractivity contribution is 5.86. The fourth-order valence-corrected chi connectivity index (χ4v) is 3.96. The van der Waals surface area contributed by atoms with Crippen LogP contribution < -0.4 is 5.32 Å². The van der Waals surface area contributed by atoms with Crippen molar-refractivity contribution in [3.05, 3.63) is 18.6 Å². The minimum absolute atomic E-state index is 0.182. The normalized spacial score (nSPS) is 27.0. The molecule has 0 unspecified atom stereocenters. The van der Waals surface area contributed by atoms with Gasteiger partial charge >= 0.3 is 0 Å². The molecule has 2 N–H and O–H groups in total. The molecular weight excluding hydrogens is 280 g/mol. The van der Waals surface area contributed by atoms with E-state index in [1.807, 2.05) is 12.3 Å². The summed E-state index contributed by atoms with van der Waals surface area (Å²) in [6.45, 7) is 4.49. The van der Waals surface area contributed by atoms with E-state index < -0.39 is 0 Å². The summed E-state index contributed by atoms with van der Waals surface area (Å²) in [6, 6.07) is 2.41. The number of aromatic amines is 1. The molecule has 2 aliphatic rings. The summed E-state index contributed by atoms with van der Waals surface area (Å²) in [6.07, 6.45) is 6.98. The lowest BCUT2D eigenvalue weighted by Gasteiger charge is -2.57. The van der Waals surface area contributed by atoms with Gasteiger partial charge in [-0.25, -0.2) is 9.97 Å². The van der Waals surface area contributed by atoms with Gasteiger partial charge in [-0.1, -0.05) is 0 Å². The maximum absolute atomic E-state index is 5.98. The maximum Gasteiger partial charge on any atom is 0.142 e. The monoisotopic (exact) mass is 302 g/mol. The van der Waals surface area contributed by atoms with Crippen LogP contribution in [0.5, 0.6) is 0 Å². The number of H-pyrrole nitrogens is 1. The maximum atomic E-state index is 5.98. The van der Waals surface area contributed by atoms with Crippen LogP contribution in [0.4, 0.5) is 5.82 Å². The van der Waals surface area contributed by atoms with Crippen molar-refractivity contribution in [2.45, 2.75) is 38.3 Å². The second kappa shape index (κ2) is 5.52. The molecule has 2 aromatic heterocycles. The molecule has 1 aliphatic carbocycles. The Balaban J connectivity index is 1.58. The molecule has 2 aromatic rings. The zero-order valence-corrected chi connectivity index (χ0v) is 12.8. The molecule has 6 heteroatoms. The highest BCUT2D eigenvalue weighted by Crippen LogP contribution is 2.51. The quantitative estimate of drug-likeness (QED) is 0.907. The Morgan fingerprint density at radius 2 is 2.27 bits per heavy atom. The van der Waals surface area contributed by atoms with Crippen molar-refractivity contribution in [1.29, 1.82) is 0 Å². The molecule has 22 heavy (non-hydrogen) atoms. The topological polar surface area (TPSA) is 72.1 Å². The molecule has 1 saturated carbocycles. The number of ether oxygens (including phenoxy) is 2. The van der Waals surface area contributed by atoms with Gasteiger partial charge in [-0.15, -0.1) is 0 Å². The summed E-state index contributed by atoms with van der Waals surface area (Å²) in [7, 11) is 0. The Labute approximate surface area is 129 Å². The van der Waals surface area contributed by atoms with Gasteiger partial charge in [0.15, 0.2) is 0 Å². The van der Waals surface area contributed by atoms with E-state index in [0.29, 0.717) is 12.1 Å². The molecule has 0 bridgehead atoms. The van der Waals surface area contributed by atoms with E-state index in [4.69, 9.17) is 9.47 Å². The third kappa shape index (κ3) is 2.09. The number of hydrogen-bond acceptors (Lipinski definition) is 5. The Bertz CT molecular complexity index is 650. The van der Waals surface area contributed by atoms with E-state index in [1.54, 1.807) is 6.33 Å². The Morgan fingerprint density at radius 1 is 1.41 bits per heavy atom. The van der Waals surface area contributed by atoms with Crippen molar-refractivity contribution < 1.29 is 9.47 Å². The summed E-state index contributed by atoms with van der Waals surface area (Å²) in [5.41, 5.74) is 1.06. The van der Waals surface area contributed by atoms with Gasteiger partial charge in [0.25, 0.3) is 0 Å². The first kappa shape index (κ1) is 14.0. The van der Waals surface area contributed by atoms with Crippen LogP contribution in [0, 0.1) is 5.41 Å². The van der Waals surface area contributed by atoms with Gasteiger partial charge in [-0.3, -0.25) is 0 Å². The minimum Gasteiger partial charge on any atom is -0.381 e. The van der Waals surface area contributed by atoms with Gasteiger partial charge in [0.2, 0.25) is 0 Å². The first-order valence-corrected chi connectivity index (χ1v) is 8.07. The number of hydrogen-bond donors (Lipinski definition) is 2. The number of nitrogens with zero attached hydrogens (tertiary/aromatic N) is 2. The summed E-state index contributed by atoms with van der Waals surface area (Å²) < 4.78 is 11.5. The lowest BCUT2D eigenvalue weighted by atomic mass is 9.57. The predicted octanol–water partition coefficient (Wildman–Crippen LogP) is 2.34.